The van der Waals surface area contributed by atoms with E-state index in [4.69, 9.17) is 10.6 Å². The molecule has 1 fully saturated rings. The molecule has 2 heterocycles. The zero-order valence-electron chi connectivity index (χ0n) is 9.60. The fourth-order valence-corrected chi connectivity index (χ4v) is 2.15. The van der Waals surface area contributed by atoms with Gasteiger partial charge in [-0.2, -0.15) is 0 Å². The average Bonchev–Trinajstić information content (AvgIpc) is 2.39. The van der Waals surface area contributed by atoms with Crippen LogP contribution in [0.2, 0.25) is 0 Å². The van der Waals surface area contributed by atoms with Gasteiger partial charge >= 0.3 is 0 Å². The first kappa shape index (κ1) is 10.4. The molecule has 1 aromatic heterocycles. The van der Waals surface area contributed by atoms with E-state index in [0.29, 0.717) is 0 Å². The molecule has 0 aliphatic carbocycles. The number of rotatable bonds is 1. The van der Waals surface area contributed by atoms with E-state index in [9.17, 15) is 0 Å². The smallest absolute Gasteiger partial charge is 0.0749 e. The standard InChI is InChI=1S/C13H15N3O/c14-10-3-4-11-12(9-10)15-6-5-13(11)16-7-1-2-8-17-16/h3-6,9H,1-2,7-8,14H2. The maximum atomic E-state index is 5.77. The molecule has 0 radical (unpaired) electrons. The summed E-state index contributed by atoms with van der Waals surface area (Å²) in [4.78, 5) is 10.0. The molecule has 1 aliphatic rings. The summed E-state index contributed by atoms with van der Waals surface area (Å²) in [7, 11) is 0. The zero-order chi connectivity index (χ0) is 11.7. The molecule has 0 spiro atoms. The highest BCUT2D eigenvalue weighted by Gasteiger charge is 2.14. The Kier molecular flexibility index (Phi) is 2.57. The van der Waals surface area contributed by atoms with Crippen LogP contribution in [0.1, 0.15) is 12.8 Å². The summed E-state index contributed by atoms with van der Waals surface area (Å²) in [6.07, 6.45) is 4.10. The second kappa shape index (κ2) is 4.22. The number of nitrogens with two attached hydrogens (primary N) is 1. The van der Waals surface area contributed by atoms with Crippen molar-refractivity contribution < 1.29 is 4.84 Å². The first-order valence-electron chi connectivity index (χ1n) is 5.89. The molecule has 0 atom stereocenters. The Labute approximate surface area is 100.0 Å². The van der Waals surface area contributed by atoms with Crippen LogP contribution in [-0.4, -0.2) is 18.1 Å². The van der Waals surface area contributed by atoms with Crippen molar-refractivity contribution in [2.75, 3.05) is 23.9 Å². The highest BCUT2D eigenvalue weighted by molar-refractivity contribution is 5.92. The minimum atomic E-state index is 0.738. The first-order valence-corrected chi connectivity index (χ1v) is 5.89. The molecule has 0 saturated carbocycles. The van der Waals surface area contributed by atoms with Crippen molar-refractivity contribution in [2.45, 2.75) is 12.8 Å². The van der Waals surface area contributed by atoms with Gasteiger partial charge in [0.05, 0.1) is 17.8 Å². The normalized spacial score (nSPS) is 16.4. The van der Waals surface area contributed by atoms with E-state index in [1.54, 1.807) is 6.20 Å². The molecular weight excluding hydrogens is 214 g/mol. The van der Waals surface area contributed by atoms with Gasteiger partial charge in [-0.25, -0.2) is 0 Å². The van der Waals surface area contributed by atoms with Gasteiger partial charge in [-0.1, -0.05) is 0 Å². The lowest BCUT2D eigenvalue weighted by Gasteiger charge is -2.28. The van der Waals surface area contributed by atoms with E-state index in [1.807, 2.05) is 29.3 Å². The average molecular weight is 229 g/mol. The van der Waals surface area contributed by atoms with E-state index >= 15 is 0 Å². The number of hydrogen-bond acceptors (Lipinski definition) is 4. The van der Waals surface area contributed by atoms with Crippen LogP contribution in [0.5, 0.6) is 0 Å². The predicted octanol–water partition coefficient (Wildman–Crippen LogP) is 2.35. The summed E-state index contributed by atoms with van der Waals surface area (Å²) in [5.74, 6) is 0. The van der Waals surface area contributed by atoms with E-state index in [2.05, 4.69) is 4.98 Å². The van der Waals surface area contributed by atoms with Crippen LogP contribution in [0, 0.1) is 0 Å². The lowest BCUT2D eigenvalue weighted by molar-refractivity contribution is 0.0784. The van der Waals surface area contributed by atoms with E-state index in [0.717, 1.165) is 41.9 Å². The number of fused-ring (bicyclic) bond motifs is 1. The van der Waals surface area contributed by atoms with Gasteiger partial charge < -0.3 is 5.73 Å². The summed E-state index contributed by atoms with van der Waals surface area (Å²) in [6, 6.07) is 7.79. The number of pyridine rings is 1. The number of hydroxylamine groups is 1. The predicted molar refractivity (Wildman–Crippen MR) is 68.7 cm³/mol. The molecule has 3 rings (SSSR count). The van der Waals surface area contributed by atoms with Crippen LogP contribution in [0.25, 0.3) is 10.9 Å². The fraction of sp³-hybridized carbons (Fsp3) is 0.308. The first-order chi connectivity index (χ1) is 8.34. The molecule has 0 bridgehead atoms. The molecule has 88 valence electrons. The number of hydrogen-bond donors (Lipinski definition) is 1. The summed E-state index contributed by atoms with van der Waals surface area (Å²) in [6.45, 7) is 1.72. The second-order valence-corrected chi connectivity index (χ2v) is 4.25. The SMILES string of the molecule is Nc1ccc2c(N3CCCCO3)ccnc2c1. The minimum absolute atomic E-state index is 0.738. The van der Waals surface area contributed by atoms with Gasteiger partial charge in [0.1, 0.15) is 0 Å². The molecule has 0 amide bonds. The lowest BCUT2D eigenvalue weighted by atomic mass is 10.1. The molecule has 2 N–H and O–H groups in total. The van der Waals surface area contributed by atoms with Crippen molar-refractivity contribution in [3.8, 4) is 0 Å². The quantitative estimate of drug-likeness (QED) is 0.763. The van der Waals surface area contributed by atoms with Crippen LogP contribution < -0.4 is 10.8 Å². The maximum absolute atomic E-state index is 5.77. The van der Waals surface area contributed by atoms with E-state index in [1.165, 1.54) is 6.42 Å². The number of benzene rings is 1. The lowest BCUT2D eigenvalue weighted by Crippen LogP contribution is -2.29. The molecule has 0 unspecified atom stereocenters. The maximum Gasteiger partial charge on any atom is 0.0749 e. The highest BCUT2D eigenvalue weighted by atomic mass is 16.7. The summed E-state index contributed by atoms with van der Waals surface area (Å²) < 4.78 is 0. The van der Waals surface area contributed by atoms with Crippen LogP contribution in [0.15, 0.2) is 30.5 Å². The van der Waals surface area contributed by atoms with Gasteiger partial charge in [0, 0.05) is 23.8 Å². The van der Waals surface area contributed by atoms with Crippen LogP contribution in [-0.2, 0) is 4.84 Å². The summed E-state index contributed by atoms with van der Waals surface area (Å²) >= 11 is 0. The van der Waals surface area contributed by atoms with Crippen molar-refractivity contribution in [1.82, 2.24) is 4.98 Å². The van der Waals surface area contributed by atoms with Crippen molar-refractivity contribution >= 4 is 22.3 Å². The third-order valence-electron chi connectivity index (χ3n) is 3.02. The Morgan fingerprint density at radius 3 is 3.00 bits per heavy atom. The summed E-state index contributed by atoms with van der Waals surface area (Å²) in [5.41, 5.74) is 8.50. The Hall–Kier alpha value is -1.81. The van der Waals surface area contributed by atoms with Gasteiger partial charge in [0.2, 0.25) is 0 Å². The van der Waals surface area contributed by atoms with Gasteiger partial charge in [-0.15, -0.1) is 0 Å². The van der Waals surface area contributed by atoms with Gasteiger partial charge in [-0.05, 0) is 37.1 Å². The van der Waals surface area contributed by atoms with Crippen LogP contribution in [0.3, 0.4) is 0 Å². The minimum Gasteiger partial charge on any atom is -0.399 e. The van der Waals surface area contributed by atoms with E-state index in [-0.39, 0.29) is 0 Å². The molecule has 1 saturated heterocycles. The number of aromatic nitrogens is 1. The molecule has 4 heteroatoms. The monoisotopic (exact) mass is 229 g/mol. The van der Waals surface area contributed by atoms with Gasteiger partial charge in [0.25, 0.3) is 0 Å². The number of nitrogen functional groups attached to an aromatic ring is 1. The third kappa shape index (κ3) is 1.91. The summed E-state index contributed by atoms with van der Waals surface area (Å²) in [5, 5.41) is 3.05. The molecule has 2 aromatic rings. The Morgan fingerprint density at radius 2 is 2.18 bits per heavy atom. The zero-order valence-corrected chi connectivity index (χ0v) is 9.60. The highest BCUT2D eigenvalue weighted by Crippen LogP contribution is 2.28. The molecular formula is C13H15N3O. The topological polar surface area (TPSA) is 51.4 Å². The van der Waals surface area contributed by atoms with Crippen molar-refractivity contribution in [3.05, 3.63) is 30.5 Å². The van der Waals surface area contributed by atoms with E-state index < -0.39 is 0 Å². The Balaban J connectivity index is 2.09. The molecule has 1 aromatic carbocycles. The largest absolute Gasteiger partial charge is 0.399 e. The Morgan fingerprint density at radius 1 is 1.24 bits per heavy atom. The van der Waals surface area contributed by atoms with Gasteiger partial charge in [0.15, 0.2) is 0 Å². The molecule has 17 heavy (non-hydrogen) atoms. The van der Waals surface area contributed by atoms with Gasteiger partial charge in [-0.3, -0.25) is 14.9 Å². The van der Waals surface area contributed by atoms with Crippen molar-refractivity contribution in [2.24, 2.45) is 0 Å². The second-order valence-electron chi connectivity index (χ2n) is 4.25. The number of anilines is 2. The van der Waals surface area contributed by atoms with Crippen LogP contribution in [0.4, 0.5) is 11.4 Å². The van der Waals surface area contributed by atoms with Crippen molar-refractivity contribution in [1.29, 1.82) is 0 Å². The third-order valence-corrected chi connectivity index (χ3v) is 3.02. The molecule has 1 aliphatic heterocycles. The number of nitrogens with zero attached hydrogens (tertiary/aromatic N) is 2. The molecule has 4 nitrogen and oxygen atoms in total. The Bertz CT molecular complexity index is 535. The van der Waals surface area contributed by atoms with Crippen LogP contribution >= 0.6 is 0 Å². The van der Waals surface area contributed by atoms with Crippen molar-refractivity contribution in [3.63, 3.8) is 0 Å². The fourth-order valence-electron chi connectivity index (χ4n) is 2.15.